The largest absolute Gasteiger partial charge is 0.335 e. The van der Waals surface area contributed by atoms with Gasteiger partial charge in [-0.25, -0.2) is 0 Å². The highest BCUT2D eigenvalue weighted by Gasteiger charge is 2.36. The van der Waals surface area contributed by atoms with Crippen molar-refractivity contribution >= 4 is 5.91 Å². The Balaban J connectivity index is 2.05. The van der Waals surface area contributed by atoms with Crippen LogP contribution in [0.15, 0.2) is 12.2 Å². The number of carbonyl (C=O) groups is 1. The Morgan fingerprint density at radius 2 is 2.25 bits per heavy atom. The van der Waals surface area contributed by atoms with Gasteiger partial charge in [-0.3, -0.25) is 4.79 Å². The van der Waals surface area contributed by atoms with E-state index >= 15 is 0 Å². The first-order valence-corrected chi connectivity index (χ1v) is 6.28. The molecule has 1 fully saturated rings. The zero-order chi connectivity index (χ0) is 11.6. The number of hydrogen-bond acceptors (Lipinski definition) is 2. The molecule has 0 bridgehead atoms. The smallest absolute Gasteiger partial charge is 0.226 e. The van der Waals surface area contributed by atoms with Gasteiger partial charge in [0.05, 0.1) is 0 Å². The van der Waals surface area contributed by atoms with Gasteiger partial charge in [0.1, 0.15) is 0 Å². The van der Waals surface area contributed by atoms with Crippen LogP contribution in [0, 0.1) is 5.92 Å². The predicted octanol–water partition coefficient (Wildman–Crippen LogP) is 1.55. The molecule has 0 aromatic carbocycles. The Kier molecular flexibility index (Phi) is 3.33. The van der Waals surface area contributed by atoms with E-state index in [-0.39, 0.29) is 11.5 Å². The van der Waals surface area contributed by atoms with Gasteiger partial charge in [-0.15, -0.1) is 0 Å². The summed E-state index contributed by atoms with van der Waals surface area (Å²) < 4.78 is 0. The molecule has 3 nitrogen and oxygen atoms in total. The average Bonchev–Trinajstić information content (AvgIpc) is 2.29. The third-order valence-corrected chi connectivity index (χ3v) is 3.68. The highest BCUT2D eigenvalue weighted by atomic mass is 16.2. The number of rotatable bonds is 1. The molecule has 2 rings (SSSR count). The van der Waals surface area contributed by atoms with E-state index in [1.807, 2.05) is 0 Å². The van der Waals surface area contributed by atoms with Crippen molar-refractivity contribution in [3.05, 3.63) is 12.2 Å². The Morgan fingerprint density at radius 1 is 1.44 bits per heavy atom. The standard InChI is InChI=1S/C13H22N2O/c1-13(2)10-14-8-9-15(13)12(16)11-6-4-3-5-7-11/h3-4,11,14H,5-10H2,1-2H3. The zero-order valence-corrected chi connectivity index (χ0v) is 10.3. The number of allylic oxidation sites excluding steroid dienone is 2. The molecule has 2 aliphatic rings. The Morgan fingerprint density at radius 3 is 2.88 bits per heavy atom. The molecule has 1 atom stereocenters. The van der Waals surface area contributed by atoms with Crippen molar-refractivity contribution in [1.82, 2.24) is 10.2 Å². The van der Waals surface area contributed by atoms with Crippen molar-refractivity contribution in [3.63, 3.8) is 0 Å². The lowest BCUT2D eigenvalue weighted by atomic mass is 9.90. The van der Waals surface area contributed by atoms with Crippen molar-refractivity contribution in [2.24, 2.45) is 5.92 Å². The van der Waals surface area contributed by atoms with Crippen molar-refractivity contribution in [1.29, 1.82) is 0 Å². The van der Waals surface area contributed by atoms with E-state index in [1.165, 1.54) is 0 Å². The van der Waals surface area contributed by atoms with E-state index in [9.17, 15) is 4.79 Å². The highest BCUT2D eigenvalue weighted by Crippen LogP contribution is 2.25. The van der Waals surface area contributed by atoms with Crippen molar-refractivity contribution in [3.8, 4) is 0 Å². The quantitative estimate of drug-likeness (QED) is 0.683. The Bertz CT molecular complexity index is 296. The summed E-state index contributed by atoms with van der Waals surface area (Å²) in [6, 6.07) is 0. The van der Waals surface area contributed by atoms with Crippen molar-refractivity contribution < 1.29 is 4.79 Å². The van der Waals surface area contributed by atoms with Crippen LogP contribution in [0.4, 0.5) is 0 Å². The topological polar surface area (TPSA) is 32.3 Å². The van der Waals surface area contributed by atoms with Gasteiger partial charge in [0.15, 0.2) is 0 Å². The van der Waals surface area contributed by atoms with Crippen LogP contribution in [-0.4, -0.2) is 36.0 Å². The fourth-order valence-corrected chi connectivity index (χ4v) is 2.63. The maximum absolute atomic E-state index is 12.4. The van der Waals surface area contributed by atoms with Gasteiger partial charge in [0, 0.05) is 31.1 Å². The number of nitrogens with one attached hydrogen (secondary N) is 1. The Hall–Kier alpha value is -0.830. The third-order valence-electron chi connectivity index (χ3n) is 3.68. The van der Waals surface area contributed by atoms with Crippen LogP contribution in [0.3, 0.4) is 0 Å². The summed E-state index contributed by atoms with van der Waals surface area (Å²) in [5, 5.41) is 3.35. The summed E-state index contributed by atoms with van der Waals surface area (Å²) in [4.78, 5) is 14.5. The fraction of sp³-hybridized carbons (Fsp3) is 0.769. The normalized spacial score (nSPS) is 29.1. The number of nitrogens with zero attached hydrogens (tertiary/aromatic N) is 1. The van der Waals surface area contributed by atoms with E-state index in [1.54, 1.807) is 0 Å². The average molecular weight is 222 g/mol. The number of carbonyl (C=O) groups excluding carboxylic acids is 1. The van der Waals surface area contributed by atoms with Gasteiger partial charge in [-0.05, 0) is 33.1 Å². The third kappa shape index (κ3) is 2.29. The SMILES string of the molecule is CC1(C)CNCCN1C(=O)C1CC=CCC1. The molecule has 1 N–H and O–H groups in total. The first kappa shape index (κ1) is 11.6. The van der Waals surface area contributed by atoms with Crippen LogP contribution < -0.4 is 5.32 Å². The van der Waals surface area contributed by atoms with E-state index in [4.69, 9.17) is 0 Å². The first-order chi connectivity index (χ1) is 7.61. The Labute approximate surface area is 97.9 Å². The molecule has 3 heteroatoms. The summed E-state index contributed by atoms with van der Waals surface area (Å²) in [6.45, 7) is 6.98. The van der Waals surface area contributed by atoms with Gasteiger partial charge < -0.3 is 10.2 Å². The second-order valence-electron chi connectivity index (χ2n) is 5.46. The molecule has 0 aromatic rings. The highest BCUT2D eigenvalue weighted by molar-refractivity contribution is 5.80. The zero-order valence-electron chi connectivity index (χ0n) is 10.3. The maximum Gasteiger partial charge on any atom is 0.226 e. The first-order valence-electron chi connectivity index (χ1n) is 6.28. The van der Waals surface area contributed by atoms with E-state index < -0.39 is 0 Å². The lowest BCUT2D eigenvalue weighted by Gasteiger charge is -2.44. The minimum atomic E-state index is -0.0313. The summed E-state index contributed by atoms with van der Waals surface area (Å²) in [7, 11) is 0. The van der Waals surface area contributed by atoms with Crippen molar-refractivity contribution in [2.45, 2.75) is 38.6 Å². The molecule has 90 valence electrons. The van der Waals surface area contributed by atoms with Crippen LogP contribution >= 0.6 is 0 Å². The molecule has 16 heavy (non-hydrogen) atoms. The van der Waals surface area contributed by atoms with E-state index in [0.717, 1.165) is 38.9 Å². The summed E-state index contributed by atoms with van der Waals surface area (Å²) >= 11 is 0. The van der Waals surface area contributed by atoms with E-state index in [2.05, 4.69) is 36.2 Å². The van der Waals surface area contributed by atoms with Gasteiger partial charge in [-0.2, -0.15) is 0 Å². The second kappa shape index (κ2) is 4.58. The lowest BCUT2D eigenvalue weighted by molar-refractivity contribution is -0.142. The summed E-state index contributed by atoms with van der Waals surface area (Å²) in [5.41, 5.74) is -0.0313. The lowest BCUT2D eigenvalue weighted by Crippen LogP contribution is -2.61. The summed E-state index contributed by atoms with van der Waals surface area (Å²) in [5.74, 6) is 0.582. The molecule has 0 aromatic heterocycles. The predicted molar refractivity (Wildman–Crippen MR) is 65.1 cm³/mol. The van der Waals surface area contributed by atoms with Crippen LogP contribution in [0.5, 0.6) is 0 Å². The van der Waals surface area contributed by atoms with Crippen LogP contribution in [-0.2, 0) is 4.79 Å². The molecule has 1 saturated heterocycles. The molecule has 0 spiro atoms. The molecule has 1 aliphatic carbocycles. The molecule has 1 unspecified atom stereocenters. The van der Waals surface area contributed by atoms with Gasteiger partial charge in [-0.1, -0.05) is 12.2 Å². The molecule has 0 saturated carbocycles. The second-order valence-corrected chi connectivity index (χ2v) is 5.46. The number of piperazine rings is 1. The monoisotopic (exact) mass is 222 g/mol. The number of hydrogen-bond donors (Lipinski definition) is 1. The van der Waals surface area contributed by atoms with Gasteiger partial charge >= 0.3 is 0 Å². The van der Waals surface area contributed by atoms with Crippen LogP contribution in [0.25, 0.3) is 0 Å². The number of amides is 1. The van der Waals surface area contributed by atoms with Gasteiger partial charge in [0.25, 0.3) is 0 Å². The van der Waals surface area contributed by atoms with Gasteiger partial charge in [0.2, 0.25) is 5.91 Å². The molecule has 0 radical (unpaired) electrons. The maximum atomic E-state index is 12.4. The molecule has 1 amide bonds. The molecular weight excluding hydrogens is 200 g/mol. The molecular formula is C13H22N2O. The van der Waals surface area contributed by atoms with E-state index in [0.29, 0.717) is 5.91 Å². The minimum absolute atomic E-state index is 0.0313. The fourth-order valence-electron chi connectivity index (χ4n) is 2.63. The molecule has 1 aliphatic heterocycles. The van der Waals surface area contributed by atoms with Crippen molar-refractivity contribution in [2.75, 3.05) is 19.6 Å². The molecule has 1 heterocycles. The minimum Gasteiger partial charge on any atom is -0.335 e. The summed E-state index contributed by atoms with van der Waals surface area (Å²) in [6.07, 6.45) is 7.35. The van der Waals surface area contributed by atoms with Crippen LogP contribution in [0.1, 0.15) is 33.1 Å². The van der Waals surface area contributed by atoms with Crippen LogP contribution in [0.2, 0.25) is 0 Å².